The van der Waals surface area contributed by atoms with E-state index in [1.807, 2.05) is 31.2 Å². The Morgan fingerprint density at radius 2 is 1.89 bits per heavy atom. The molecule has 0 saturated heterocycles. The van der Waals surface area contributed by atoms with Crippen LogP contribution in [0.15, 0.2) is 33.2 Å². The Hall–Kier alpha value is -1.46. The van der Waals surface area contributed by atoms with E-state index in [-0.39, 0.29) is 6.04 Å². The zero-order chi connectivity index (χ0) is 14.0. The molecule has 2 rings (SSSR count). The number of benzene rings is 1. The van der Waals surface area contributed by atoms with Crippen LogP contribution in [0.4, 0.5) is 0 Å². The van der Waals surface area contributed by atoms with Gasteiger partial charge in [-0.2, -0.15) is 0 Å². The van der Waals surface area contributed by atoms with Crippen molar-refractivity contribution in [2.24, 2.45) is 5.73 Å². The molecule has 1 aromatic carbocycles. The first-order valence-corrected chi connectivity index (χ1v) is 6.60. The highest BCUT2D eigenvalue weighted by Gasteiger charge is 2.21. The van der Waals surface area contributed by atoms with Crippen molar-refractivity contribution in [3.63, 3.8) is 0 Å². The molecule has 4 nitrogen and oxygen atoms in total. The molecule has 0 fully saturated rings. The standard InChI is InChI=1S/C14H16BrNO3/c1-8-4-6-11(19-8)13(16)9-5-7-10(17-2)12(15)14(9)18-3/h4-7,13H,16H2,1-3H3. The van der Waals surface area contributed by atoms with Gasteiger partial charge in [-0.05, 0) is 47.1 Å². The van der Waals surface area contributed by atoms with Crippen LogP contribution in [0.2, 0.25) is 0 Å². The van der Waals surface area contributed by atoms with Crippen LogP contribution in [0.3, 0.4) is 0 Å². The Balaban J connectivity index is 2.47. The van der Waals surface area contributed by atoms with Gasteiger partial charge in [0.2, 0.25) is 0 Å². The largest absolute Gasteiger partial charge is 0.495 e. The van der Waals surface area contributed by atoms with Gasteiger partial charge in [0, 0.05) is 5.56 Å². The number of hydrogen-bond donors (Lipinski definition) is 1. The van der Waals surface area contributed by atoms with Crippen LogP contribution >= 0.6 is 15.9 Å². The SMILES string of the molecule is COc1ccc(C(N)c2ccc(C)o2)c(OC)c1Br. The third kappa shape index (κ3) is 2.62. The lowest BCUT2D eigenvalue weighted by Gasteiger charge is -2.17. The van der Waals surface area contributed by atoms with Gasteiger partial charge in [-0.25, -0.2) is 0 Å². The average Bonchev–Trinajstić information content (AvgIpc) is 2.84. The minimum atomic E-state index is -0.383. The van der Waals surface area contributed by atoms with Gasteiger partial charge in [0.25, 0.3) is 0 Å². The topological polar surface area (TPSA) is 57.6 Å². The van der Waals surface area contributed by atoms with E-state index in [0.717, 1.165) is 15.8 Å². The second-order valence-electron chi connectivity index (χ2n) is 4.13. The predicted molar refractivity (Wildman–Crippen MR) is 76.7 cm³/mol. The zero-order valence-electron chi connectivity index (χ0n) is 11.1. The Morgan fingerprint density at radius 3 is 2.42 bits per heavy atom. The minimum Gasteiger partial charge on any atom is -0.495 e. The van der Waals surface area contributed by atoms with E-state index in [9.17, 15) is 0 Å². The van der Waals surface area contributed by atoms with Crippen molar-refractivity contribution < 1.29 is 13.9 Å². The van der Waals surface area contributed by atoms with Crippen LogP contribution in [0.5, 0.6) is 11.5 Å². The van der Waals surface area contributed by atoms with Gasteiger partial charge in [0.1, 0.15) is 27.5 Å². The zero-order valence-corrected chi connectivity index (χ0v) is 12.7. The number of rotatable bonds is 4. The molecule has 0 aliphatic heterocycles. The number of hydrogen-bond acceptors (Lipinski definition) is 4. The van der Waals surface area contributed by atoms with E-state index in [1.54, 1.807) is 14.2 Å². The summed E-state index contributed by atoms with van der Waals surface area (Å²) in [7, 11) is 3.21. The first-order valence-electron chi connectivity index (χ1n) is 5.80. The van der Waals surface area contributed by atoms with Gasteiger partial charge in [-0.1, -0.05) is 0 Å². The van der Waals surface area contributed by atoms with Crippen molar-refractivity contribution in [1.29, 1.82) is 0 Å². The van der Waals surface area contributed by atoms with E-state index in [2.05, 4.69) is 15.9 Å². The molecule has 19 heavy (non-hydrogen) atoms. The van der Waals surface area contributed by atoms with Crippen molar-refractivity contribution in [3.05, 3.63) is 45.8 Å². The summed E-state index contributed by atoms with van der Waals surface area (Å²) in [4.78, 5) is 0. The highest BCUT2D eigenvalue weighted by atomic mass is 79.9. The molecule has 0 bridgehead atoms. The number of ether oxygens (including phenoxy) is 2. The van der Waals surface area contributed by atoms with Gasteiger partial charge in [0.15, 0.2) is 0 Å². The van der Waals surface area contributed by atoms with Gasteiger partial charge in [-0.3, -0.25) is 0 Å². The second kappa shape index (κ2) is 5.67. The maximum Gasteiger partial charge on any atom is 0.142 e. The summed E-state index contributed by atoms with van der Waals surface area (Å²) in [5.41, 5.74) is 7.07. The van der Waals surface area contributed by atoms with Crippen LogP contribution in [0, 0.1) is 6.92 Å². The van der Waals surface area contributed by atoms with E-state index in [4.69, 9.17) is 19.6 Å². The molecule has 102 valence electrons. The Morgan fingerprint density at radius 1 is 1.16 bits per heavy atom. The molecule has 0 amide bonds. The monoisotopic (exact) mass is 325 g/mol. The fourth-order valence-electron chi connectivity index (χ4n) is 1.94. The number of nitrogens with two attached hydrogens (primary N) is 1. The molecular weight excluding hydrogens is 310 g/mol. The predicted octanol–water partition coefficient (Wildman–Crippen LogP) is 3.42. The summed E-state index contributed by atoms with van der Waals surface area (Å²) in [5, 5.41) is 0. The van der Waals surface area contributed by atoms with E-state index in [1.165, 1.54) is 0 Å². The molecule has 1 unspecified atom stereocenters. The first-order chi connectivity index (χ1) is 9.08. The third-order valence-corrected chi connectivity index (χ3v) is 3.67. The lowest BCUT2D eigenvalue weighted by atomic mass is 10.0. The summed E-state index contributed by atoms with van der Waals surface area (Å²) in [5.74, 6) is 2.88. The van der Waals surface area contributed by atoms with E-state index >= 15 is 0 Å². The molecule has 0 saturated carbocycles. The van der Waals surface area contributed by atoms with Crippen molar-refractivity contribution in [1.82, 2.24) is 0 Å². The normalized spacial score (nSPS) is 12.3. The summed E-state index contributed by atoms with van der Waals surface area (Å²) < 4.78 is 17.0. The maximum absolute atomic E-state index is 6.23. The molecule has 5 heteroatoms. The fourth-order valence-corrected chi connectivity index (χ4v) is 2.62. The first kappa shape index (κ1) is 14.0. The van der Waals surface area contributed by atoms with Gasteiger partial charge >= 0.3 is 0 Å². The van der Waals surface area contributed by atoms with Crippen LogP contribution in [-0.2, 0) is 0 Å². The maximum atomic E-state index is 6.23. The number of halogens is 1. The van der Waals surface area contributed by atoms with Gasteiger partial charge in [-0.15, -0.1) is 0 Å². The van der Waals surface area contributed by atoms with Gasteiger partial charge < -0.3 is 19.6 Å². The molecule has 0 aliphatic carbocycles. The van der Waals surface area contributed by atoms with Crippen LogP contribution in [-0.4, -0.2) is 14.2 Å². The summed E-state index contributed by atoms with van der Waals surface area (Å²) in [6.45, 7) is 1.89. The molecule has 1 heterocycles. The van der Waals surface area contributed by atoms with Crippen molar-refractivity contribution in [2.75, 3.05) is 14.2 Å². The fraction of sp³-hybridized carbons (Fsp3) is 0.286. The lowest BCUT2D eigenvalue weighted by molar-refractivity contribution is 0.381. The van der Waals surface area contributed by atoms with E-state index in [0.29, 0.717) is 17.3 Å². The second-order valence-corrected chi connectivity index (χ2v) is 4.92. The molecule has 0 spiro atoms. The van der Waals surface area contributed by atoms with Crippen LogP contribution < -0.4 is 15.2 Å². The molecule has 0 radical (unpaired) electrons. The average molecular weight is 326 g/mol. The van der Waals surface area contributed by atoms with E-state index < -0.39 is 0 Å². The molecule has 1 aromatic heterocycles. The van der Waals surface area contributed by atoms with Gasteiger partial charge in [0.05, 0.1) is 20.3 Å². The summed E-state index contributed by atoms with van der Waals surface area (Å²) in [6.07, 6.45) is 0. The van der Waals surface area contributed by atoms with Crippen molar-refractivity contribution >= 4 is 15.9 Å². The highest BCUT2D eigenvalue weighted by Crippen LogP contribution is 2.40. The molecule has 1 atom stereocenters. The Labute approximate surface area is 120 Å². The van der Waals surface area contributed by atoms with Crippen LogP contribution in [0.1, 0.15) is 23.1 Å². The molecule has 2 aromatic rings. The highest BCUT2D eigenvalue weighted by molar-refractivity contribution is 9.10. The van der Waals surface area contributed by atoms with Crippen molar-refractivity contribution in [3.8, 4) is 11.5 Å². The number of methoxy groups -OCH3 is 2. The molecular formula is C14H16BrNO3. The third-order valence-electron chi connectivity index (χ3n) is 2.92. The number of furan rings is 1. The quantitative estimate of drug-likeness (QED) is 0.935. The number of aryl methyl sites for hydroxylation is 1. The Bertz CT molecular complexity index is 580. The molecule has 2 N–H and O–H groups in total. The summed E-state index contributed by atoms with van der Waals surface area (Å²) in [6, 6.07) is 7.10. The lowest BCUT2D eigenvalue weighted by Crippen LogP contribution is -2.12. The smallest absolute Gasteiger partial charge is 0.142 e. The van der Waals surface area contributed by atoms with Crippen molar-refractivity contribution in [2.45, 2.75) is 13.0 Å². The molecule has 0 aliphatic rings. The Kier molecular flexibility index (Phi) is 4.17. The van der Waals surface area contributed by atoms with Crippen LogP contribution in [0.25, 0.3) is 0 Å². The minimum absolute atomic E-state index is 0.383. The summed E-state index contributed by atoms with van der Waals surface area (Å²) >= 11 is 3.46.